The first kappa shape index (κ1) is 20.8. The number of hydrogen-bond donors (Lipinski definition) is 1. The molecule has 0 radical (unpaired) electrons. The van der Waals surface area contributed by atoms with Crippen LogP contribution in [0.15, 0.2) is 41.3 Å². The van der Waals surface area contributed by atoms with E-state index in [0.29, 0.717) is 18.0 Å². The first-order valence-corrected chi connectivity index (χ1v) is 12.1. The standard InChI is InChI=1S/C18H21ClN2O5S2/c1-3-27(22,23)21-10-4-5-13-6-7-14(11-17(13)21)20-28(24,25)18-9-8-15(26-2)12-16(18)19/h6-9,11-12,20H,3-5,10H2,1-2H3. The van der Waals surface area contributed by atoms with E-state index in [-0.39, 0.29) is 21.4 Å². The Morgan fingerprint density at radius 3 is 2.54 bits per heavy atom. The molecule has 10 heteroatoms. The van der Waals surface area contributed by atoms with Crippen molar-refractivity contribution < 1.29 is 21.6 Å². The Hall–Kier alpha value is -1.97. The van der Waals surface area contributed by atoms with Crippen molar-refractivity contribution in [3.63, 3.8) is 0 Å². The van der Waals surface area contributed by atoms with Crippen LogP contribution < -0.4 is 13.8 Å². The van der Waals surface area contributed by atoms with Crippen LogP contribution in [-0.2, 0) is 26.5 Å². The highest BCUT2D eigenvalue weighted by Gasteiger charge is 2.27. The lowest BCUT2D eigenvalue weighted by molar-refractivity contribution is 0.414. The first-order chi connectivity index (χ1) is 13.2. The van der Waals surface area contributed by atoms with Crippen molar-refractivity contribution in [1.29, 1.82) is 0 Å². The van der Waals surface area contributed by atoms with E-state index in [9.17, 15) is 16.8 Å². The van der Waals surface area contributed by atoms with Gasteiger partial charge < -0.3 is 4.74 Å². The quantitative estimate of drug-likeness (QED) is 0.738. The van der Waals surface area contributed by atoms with E-state index >= 15 is 0 Å². The normalized spacial score (nSPS) is 14.5. The van der Waals surface area contributed by atoms with Crippen LogP contribution in [-0.4, -0.2) is 36.2 Å². The van der Waals surface area contributed by atoms with Gasteiger partial charge >= 0.3 is 0 Å². The van der Waals surface area contributed by atoms with Gasteiger partial charge in [0.1, 0.15) is 10.6 Å². The van der Waals surface area contributed by atoms with E-state index < -0.39 is 20.0 Å². The minimum Gasteiger partial charge on any atom is -0.497 e. The van der Waals surface area contributed by atoms with Crippen molar-refractivity contribution in [3.05, 3.63) is 47.0 Å². The smallest absolute Gasteiger partial charge is 0.263 e. The van der Waals surface area contributed by atoms with E-state index in [2.05, 4.69) is 4.72 Å². The van der Waals surface area contributed by atoms with Crippen molar-refractivity contribution in [2.75, 3.05) is 28.4 Å². The SMILES string of the molecule is CCS(=O)(=O)N1CCCc2ccc(NS(=O)(=O)c3ccc(OC)cc3Cl)cc21. The lowest BCUT2D eigenvalue weighted by Crippen LogP contribution is -2.36. The summed E-state index contributed by atoms with van der Waals surface area (Å²) in [5, 5.41) is 0.0278. The molecule has 1 heterocycles. The molecule has 1 aliphatic heterocycles. The summed E-state index contributed by atoms with van der Waals surface area (Å²) < 4.78 is 59.2. The minimum absolute atomic E-state index is 0.0240. The predicted molar refractivity (Wildman–Crippen MR) is 110 cm³/mol. The zero-order chi connectivity index (χ0) is 20.5. The van der Waals surface area contributed by atoms with Crippen LogP contribution in [0.5, 0.6) is 5.75 Å². The summed E-state index contributed by atoms with van der Waals surface area (Å²) in [7, 11) is -5.94. The number of sulfonamides is 2. The van der Waals surface area contributed by atoms with Gasteiger partial charge in [0.25, 0.3) is 10.0 Å². The third-order valence-electron chi connectivity index (χ3n) is 4.54. The number of ether oxygens (including phenoxy) is 1. The number of hydrogen-bond acceptors (Lipinski definition) is 5. The summed E-state index contributed by atoms with van der Waals surface area (Å²) in [5.41, 5.74) is 1.65. The van der Waals surface area contributed by atoms with Gasteiger partial charge in [0.15, 0.2) is 0 Å². The molecule has 1 aliphatic rings. The Kier molecular flexibility index (Phi) is 5.79. The van der Waals surface area contributed by atoms with E-state index in [1.54, 1.807) is 25.1 Å². The zero-order valence-corrected chi connectivity index (χ0v) is 17.9. The molecule has 1 N–H and O–H groups in total. The van der Waals surface area contributed by atoms with Gasteiger partial charge in [-0.25, -0.2) is 16.8 Å². The van der Waals surface area contributed by atoms with Gasteiger partial charge in [0.05, 0.1) is 29.3 Å². The molecule has 0 spiro atoms. The van der Waals surface area contributed by atoms with Crippen LogP contribution in [0.2, 0.25) is 5.02 Å². The van der Waals surface area contributed by atoms with Crippen LogP contribution in [0.4, 0.5) is 11.4 Å². The summed E-state index contributed by atoms with van der Waals surface area (Å²) in [6.07, 6.45) is 1.46. The molecule has 0 amide bonds. The van der Waals surface area contributed by atoms with Gasteiger partial charge in [-0.1, -0.05) is 17.7 Å². The number of methoxy groups -OCH3 is 1. The van der Waals surface area contributed by atoms with Crippen LogP contribution in [0.1, 0.15) is 18.9 Å². The fourth-order valence-corrected chi connectivity index (χ4v) is 5.86. The summed E-state index contributed by atoms with van der Waals surface area (Å²) in [4.78, 5) is -0.0919. The molecule has 152 valence electrons. The second-order valence-corrected chi connectivity index (χ2v) is 10.6. The second kappa shape index (κ2) is 7.81. The molecular weight excluding hydrogens is 424 g/mol. The second-order valence-electron chi connectivity index (χ2n) is 6.32. The van der Waals surface area contributed by atoms with Crippen LogP contribution in [0.25, 0.3) is 0 Å². The van der Waals surface area contributed by atoms with E-state index in [0.717, 1.165) is 18.4 Å². The highest BCUT2D eigenvalue weighted by Crippen LogP contribution is 2.34. The Bertz CT molecular complexity index is 1100. The van der Waals surface area contributed by atoms with Crippen LogP contribution in [0.3, 0.4) is 0 Å². The van der Waals surface area contributed by atoms with Gasteiger partial charge in [0, 0.05) is 12.6 Å². The van der Waals surface area contributed by atoms with Crippen LogP contribution in [0, 0.1) is 0 Å². The highest BCUT2D eigenvalue weighted by atomic mass is 35.5. The maximum absolute atomic E-state index is 12.8. The number of benzene rings is 2. The molecule has 7 nitrogen and oxygen atoms in total. The van der Waals surface area contributed by atoms with Gasteiger partial charge in [0.2, 0.25) is 10.0 Å². The first-order valence-electron chi connectivity index (χ1n) is 8.67. The van der Waals surface area contributed by atoms with Crippen molar-refractivity contribution in [1.82, 2.24) is 0 Å². The van der Waals surface area contributed by atoms with E-state index in [1.807, 2.05) is 0 Å². The molecule has 0 atom stereocenters. The lowest BCUT2D eigenvalue weighted by atomic mass is 10.0. The number of fused-ring (bicyclic) bond motifs is 1. The third kappa shape index (κ3) is 4.06. The summed E-state index contributed by atoms with van der Waals surface area (Å²) in [6, 6.07) is 9.20. The van der Waals surface area contributed by atoms with E-state index in [1.165, 1.54) is 29.6 Å². The van der Waals surface area contributed by atoms with E-state index in [4.69, 9.17) is 16.3 Å². The van der Waals surface area contributed by atoms with Crippen molar-refractivity contribution >= 4 is 43.0 Å². The Balaban J connectivity index is 1.97. The summed E-state index contributed by atoms with van der Waals surface area (Å²) >= 11 is 6.09. The van der Waals surface area contributed by atoms with Gasteiger partial charge in [-0.3, -0.25) is 9.03 Å². The minimum atomic E-state index is -3.96. The average Bonchev–Trinajstić information content (AvgIpc) is 2.66. The molecule has 3 rings (SSSR count). The number of halogens is 1. The Morgan fingerprint density at radius 2 is 1.89 bits per heavy atom. The summed E-state index contributed by atoms with van der Waals surface area (Å²) in [5.74, 6) is 0.419. The molecule has 0 unspecified atom stereocenters. The van der Waals surface area contributed by atoms with Crippen molar-refractivity contribution in [2.45, 2.75) is 24.7 Å². The molecule has 0 saturated heterocycles. The predicted octanol–water partition coefficient (Wildman–Crippen LogP) is 3.25. The molecule has 0 fully saturated rings. The topological polar surface area (TPSA) is 92.8 Å². The van der Waals surface area contributed by atoms with Crippen LogP contribution >= 0.6 is 11.6 Å². The average molecular weight is 445 g/mol. The third-order valence-corrected chi connectivity index (χ3v) is 8.19. The molecule has 2 aromatic rings. The maximum Gasteiger partial charge on any atom is 0.263 e. The maximum atomic E-state index is 12.8. The monoisotopic (exact) mass is 444 g/mol. The molecule has 2 aromatic carbocycles. The molecule has 0 bridgehead atoms. The Labute approximate surface area is 170 Å². The Morgan fingerprint density at radius 1 is 1.14 bits per heavy atom. The fourth-order valence-electron chi connectivity index (χ4n) is 3.09. The lowest BCUT2D eigenvalue weighted by Gasteiger charge is -2.30. The zero-order valence-electron chi connectivity index (χ0n) is 15.5. The number of nitrogens with one attached hydrogen (secondary N) is 1. The van der Waals surface area contributed by atoms with Gasteiger partial charge in [-0.15, -0.1) is 0 Å². The van der Waals surface area contributed by atoms with Crippen molar-refractivity contribution in [3.8, 4) is 5.75 Å². The number of aryl methyl sites for hydroxylation is 1. The largest absolute Gasteiger partial charge is 0.497 e. The molecular formula is C18H21ClN2O5S2. The molecule has 0 saturated carbocycles. The molecule has 0 aliphatic carbocycles. The van der Waals surface area contributed by atoms with Gasteiger partial charge in [-0.05, 0) is 49.6 Å². The fraction of sp³-hybridized carbons (Fsp3) is 0.333. The molecule has 0 aromatic heterocycles. The number of rotatable bonds is 6. The highest BCUT2D eigenvalue weighted by molar-refractivity contribution is 7.93. The van der Waals surface area contributed by atoms with Crippen molar-refractivity contribution in [2.24, 2.45) is 0 Å². The molecule has 28 heavy (non-hydrogen) atoms. The number of anilines is 2. The number of nitrogens with zero attached hydrogens (tertiary/aromatic N) is 1. The van der Waals surface area contributed by atoms with Gasteiger partial charge in [-0.2, -0.15) is 0 Å². The summed E-state index contributed by atoms with van der Waals surface area (Å²) in [6.45, 7) is 1.96.